The lowest BCUT2D eigenvalue weighted by Gasteiger charge is -2.49. The number of methoxy groups -OCH3 is 2. The first-order chi connectivity index (χ1) is 12.6. The average molecular weight is 361 g/mol. The molecule has 2 heterocycles. The molecule has 2 fully saturated rings. The summed E-state index contributed by atoms with van der Waals surface area (Å²) in [4.78, 5) is 17.3. The number of rotatable bonds is 7. The summed E-state index contributed by atoms with van der Waals surface area (Å²) in [7, 11) is 3.20. The molecule has 0 unspecified atom stereocenters. The summed E-state index contributed by atoms with van der Waals surface area (Å²) in [6.45, 7) is 6.56. The molecule has 6 nitrogen and oxygen atoms in total. The van der Waals surface area contributed by atoms with Gasteiger partial charge in [-0.25, -0.2) is 0 Å². The summed E-state index contributed by atoms with van der Waals surface area (Å²) >= 11 is 0. The Morgan fingerprint density at radius 3 is 2.73 bits per heavy atom. The molecule has 0 aliphatic carbocycles. The zero-order valence-electron chi connectivity index (χ0n) is 16.2. The number of piperidine rings is 1. The number of carbonyl (C=O) groups is 1. The second kappa shape index (κ2) is 8.73. The van der Waals surface area contributed by atoms with Gasteiger partial charge in [0.1, 0.15) is 11.5 Å². The van der Waals surface area contributed by atoms with Gasteiger partial charge in [-0.15, -0.1) is 0 Å². The highest BCUT2D eigenvalue weighted by molar-refractivity contribution is 5.92. The fourth-order valence-electron chi connectivity index (χ4n) is 3.97. The minimum Gasteiger partial charge on any atom is -0.497 e. The van der Waals surface area contributed by atoms with Crippen LogP contribution in [0.1, 0.15) is 32.6 Å². The Kier molecular flexibility index (Phi) is 6.38. The van der Waals surface area contributed by atoms with Crippen molar-refractivity contribution in [3.63, 3.8) is 0 Å². The number of amides is 1. The lowest BCUT2D eigenvalue weighted by molar-refractivity contribution is -0.117. The van der Waals surface area contributed by atoms with Crippen LogP contribution in [0.15, 0.2) is 18.2 Å². The molecule has 0 radical (unpaired) electrons. The number of ether oxygens (including phenoxy) is 2. The van der Waals surface area contributed by atoms with Crippen LogP contribution >= 0.6 is 0 Å². The Morgan fingerprint density at radius 1 is 1.23 bits per heavy atom. The first kappa shape index (κ1) is 19.0. The number of hydrogen-bond donors (Lipinski definition) is 1. The van der Waals surface area contributed by atoms with Crippen LogP contribution in [0.4, 0.5) is 5.69 Å². The Hall–Kier alpha value is -1.79. The summed E-state index contributed by atoms with van der Waals surface area (Å²) in [5.41, 5.74) is 0.682. The van der Waals surface area contributed by atoms with Crippen LogP contribution in [-0.4, -0.2) is 68.2 Å². The molecule has 26 heavy (non-hydrogen) atoms. The van der Waals surface area contributed by atoms with Crippen molar-refractivity contribution in [2.75, 3.05) is 45.7 Å². The first-order valence-corrected chi connectivity index (χ1v) is 9.60. The van der Waals surface area contributed by atoms with Gasteiger partial charge < -0.3 is 14.8 Å². The highest BCUT2D eigenvalue weighted by atomic mass is 16.5. The maximum absolute atomic E-state index is 12.3. The molecule has 0 aromatic heterocycles. The molecule has 0 saturated carbocycles. The molecule has 1 aromatic carbocycles. The monoisotopic (exact) mass is 361 g/mol. The third-order valence-corrected chi connectivity index (χ3v) is 5.60. The van der Waals surface area contributed by atoms with Crippen LogP contribution in [0.2, 0.25) is 0 Å². The second-order valence-corrected chi connectivity index (χ2v) is 7.36. The van der Waals surface area contributed by atoms with Crippen LogP contribution in [0.25, 0.3) is 0 Å². The van der Waals surface area contributed by atoms with Gasteiger partial charge >= 0.3 is 0 Å². The second-order valence-electron chi connectivity index (χ2n) is 7.36. The number of nitrogens with one attached hydrogen (secondary N) is 1. The summed E-state index contributed by atoms with van der Waals surface area (Å²) in [5.74, 6) is 1.34. The molecule has 1 atom stereocenters. The normalized spacial score (nSPS) is 21.9. The van der Waals surface area contributed by atoms with Gasteiger partial charge in [-0.3, -0.25) is 14.6 Å². The van der Waals surface area contributed by atoms with Crippen molar-refractivity contribution in [2.45, 2.75) is 44.7 Å². The molecule has 2 saturated heterocycles. The van der Waals surface area contributed by atoms with E-state index in [1.807, 2.05) is 12.1 Å². The van der Waals surface area contributed by atoms with E-state index in [1.54, 1.807) is 20.3 Å². The molecule has 0 bridgehead atoms. The van der Waals surface area contributed by atoms with Gasteiger partial charge in [0.05, 0.1) is 19.9 Å². The molecule has 2 aliphatic heterocycles. The Balaban J connectivity index is 1.41. The van der Waals surface area contributed by atoms with Gasteiger partial charge in [0, 0.05) is 44.2 Å². The van der Waals surface area contributed by atoms with Crippen LogP contribution < -0.4 is 14.8 Å². The molecular weight excluding hydrogens is 330 g/mol. The number of likely N-dealkylation sites (tertiary alicyclic amines) is 2. The van der Waals surface area contributed by atoms with Gasteiger partial charge in [-0.1, -0.05) is 6.42 Å². The average Bonchev–Trinajstić information content (AvgIpc) is 2.62. The van der Waals surface area contributed by atoms with E-state index in [1.165, 1.54) is 25.8 Å². The molecule has 1 aromatic rings. The Labute approximate surface area is 156 Å². The molecule has 2 aliphatic rings. The number of hydrogen-bond acceptors (Lipinski definition) is 5. The number of anilines is 1. The van der Waals surface area contributed by atoms with Crippen LogP contribution in [0.3, 0.4) is 0 Å². The van der Waals surface area contributed by atoms with E-state index >= 15 is 0 Å². The van der Waals surface area contributed by atoms with Crippen molar-refractivity contribution in [1.82, 2.24) is 9.80 Å². The lowest BCUT2D eigenvalue weighted by Crippen LogP contribution is -2.62. The van der Waals surface area contributed by atoms with Crippen molar-refractivity contribution in [3.05, 3.63) is 18.2 Å². The highest BCUT2D eigenvalue weighted by Gasteiger charge is 2.34. The number of nitrogens with zero attached hydrogens (tertiary/aromatic N) is 2. The quantitative estimate of drug-likeness (QED) is 0.809. The lowest BCUT2D eigenvalue weighted by atomic mass is 9.97. The maximum Gasteiger partial charge on any atom is 0.225 e. The standard InChI is InChI=1S/C20H31N3O3/c1-15-6-4-5-10-23(15)16-13-22(14-16)11-9-20(24)21-18-8-7-17(25-2)12-19(18)26-3/h7-8,12,15-16H,4-6,9-11,13-14H2,1-3H3,(H,21,24)/t15-/m0/s1. The van der Waals surface area contributed by atoms with Crippen LogP contribution in [0.5, 0.6) is 11.5 Å². The molecule has 0 spiro atoms. The fraction of sp³-hybridized carbons (Fsp3) is 0.650. The van der Waals surface area contributed by atoms with E-state index in [-0.39, 0.29) is 5.91 Å². The topological polar surface area (TPSA) is 54.0 Å². The first-order valence-electron chi connectivity index (χ1n) is 9.60. The van der Waals surface area contributed by atoms with Gasteiger partial charge in [-0.2, -0.15) is 0 Å². The van der Waals surface area contributed by atoms with E-state index in [0.29, 0.717) is 35.7 Å². The fourth-order valence-corrected chi connectivity index (χ4v) is 3.97. The van der Waals surface area contributed by atoms with Gasteiger partial charge in [0.15, 0.2) is 0 Å². The minimum atomic E-state index is 0.0169. The van der Waals surface area contributed by atoms with Crippen LogP contribution in [0, 0.1) is 0 Å². The number of benzene rings is 1. The molecule has 1 N–H and O–H groups in total. The van der Waals surface area contributed by atoms with Crippen molar-refractivity contribution in [3.8, 4) is 11.5 Å². The molecular formula is C20H31N3O3. The van der Waals surface area contributed by atoms with Crippen LogP contribution in [-0.2, 0) is 4.79 Å². The molecule has 6 heteroatoms. The third-order valence-electron chi connectivity index (χ3n) is 5.60. The van der Waals surface area contributed by atoms with Crippen molar-refractivity contribution in [2.24, 2.45) is 0 Å². The van der Waals surface area contributed by atoms with Crippen molar-refractivity contribution in [1.29, 1.82) is 0 Å². The zero-order valence-corrected chi connectivity index (χ0v) is 16.2. The minimum absolute atomic E-state index is 0.0169. The maximum atomic E-state index is 12.3. The smallest absolute Gasteiger partial charge is 0.225 e. The van der Waals surface area contributed by atoms with Crippen molar-refractivity contribution >= 4 is 11.6 Å². The summed E-state index contributed by atoms with van der Waals surface area (Å²) in [5, 5.41) is 2.94. The molecule has 1 amide bonds. The molecule has 3 rings (SSSR count). The highest BCUT2D eigenvalue weighted by Crippen LogP contribution is 2.29. The van der Waals surface area contributed by atoms with E-state index in [4.69, 9.17) is 9.47 Å². The third kappa shape index (κ3) is 4.48. The van der Waals surface area contributed by atoms with Gasteiger partial charge in [-0.05, 0) is 38.4 Å². The van der Waals surface area contributed by atoms with E-state index in [2.05, 4.69) is 22.0 Å². The van der Waals surface area contributed by atoms with E-state index in [9.17, 15) is 4.79 Å². The predicted octanol–water partition coefficient (Wildman–Crippen LogP) is 2.59. The van der Waals surface area contributed by atoms with Gasteiger partial charge in [0.25, 0.3) is 0 Å². The summed E-state index contributed by atoms with van der Waals surface area (Å²) in [6, 6.07) is 6.79. The Bertz CT molecular complexity index is 616. The largest absolute Gasteiger partial charge is 0.497 e. The van der Waals surface area contributed by atoms with Gasteiger partial charge in [0.2, 0.25) is 5.91 Å². The predicted molar refractivity (Wildman–Crippen MR) is 103 cm³/mol. The SMILES string of the molecule is COc1ccc(NC(=O)CCN2CC(N3CCCC[C@@H]3C)C2)c(OC)c1. The zero-order chi connectivity index (χ0) is 18.5. The Morgan fingerprint density at radius 2 is 2.04 bits per heavy atom. The summed E-state index contributed by atoms with van der Waals surface area (Å²) < 4.78 is 10.5. The number of carbonyl (C=O) groups excluding carboxylic acids is 1. The van der Waals surface area contributed by atoms with Crippen molar-refractivity contribution < 1.29 is 14.3 Å². The summed E-state index contributed by atoms with van der Waals surface area (Å²) in [6.07, 6.45) is 4.51. The van der Waals surface area contributed by atoms with E-state index < -0.39 is 0 Å². The van der Waals surface area contributed by atoms with E-state index in [0.717, 1.165) is 19.6 Å². The molecule has 144 valence electrons.